The van der Waals surface area contributed by atoms with Gasteiger partial charge in [-0.15, -0.1) is 0 Å². The smallest absolute Gasteiger partial charge is 0.227 e. The number of amides is 1. The van der Waals surface area contributed by atoms with E-state index in [0.29, 0.717) is 18.8 Å². The van der Waals surface area contributed by atoms with E-state index in [1.807, 2.05) is 36.5 Å². The van der Waals surface area contributed by atoms with Gasteiger partial charge in [-0.2, -0.15) is 0 Å². The van der Waals surface area contributed by atoms with Gasteiger partial charge in [0, 0.05) is 36.6 Å². The third-order valence-electron chi connectivity index (χ3n) is 5.74. The Labute approximate surface area is 176 Å². The lowest BCUT2D eigenvalue weighted by Crippen LogP contribution is -2.27. The number of aromatic amines is 1. The van der Waals surface area contributed by atoms with Crippen LogP contribution in [0, 0.1) is 0 Å². The molecule has 2 N–H and O–H groups in total. The molecule has 6 heteroatoms. The van der Waals surface area contributed by atoms with E-state index in [9.17, 15) is 4.79 Å². The molecule has 0 aliphatic heterocycles. The van der Waals surface area contributed by atoms with E-state index in [-0.39, 0.29) is 5.91 Å². The monoisotopic (exact) mass is 403 g/mol. The first-order valence-corrected chi connectivity index (χ1v) is 10.7. The molecule has 1 amide bonds. The number of H-pyrrole nitrogens is 1. The number of aryl methyl sites for hydroxylation is 1. The maximum atomic E-state index is 12.7. The summed E-state index contributed by atoms with van der Waals surface area (Å²) >= 11 is 0. The highest BCUT2D eigenvalue weighted by molar-refractivity contribution is 5.92. The van der Waals surface area contributed by atoms with E-state index in [4.69, 9.17) is 0 Å². The van der Waals surface area contributed by atoms with Crippen LogP contribution in [-0.4, -0.2) is 45.0 Å². The molecule has 0 saturated carbocycles. The molecule has 0 radical (unpaired) electrons. The summed E-state index contributed by atoms with van der Waals surface area (Å²) in [5, 5.41) is 4.23. The Hall–Kier alpha value is -3.12. The van der Waals surface area contributed by atoms with E-state index in [0.717, 1.165) is 48.3 Å². The molecule has 0 spiro atoms. The number of hydrogen-bond acceptors (Lipinski definition) is 3. The average molecular weight is 404 g/mol. The van der Waals surface area contributed by atoms with Crippen LogP contribution in [0.3, 0.4) is 0 Å². The van der Waals surface area contributed by atoms with Gasteiger partial charge in [-0.3, -0.25) is 10.1 Å². The predicted molar refractivity (Wildman–Crippen MR) is 123 cm³/mol. The van der Waals surface area contributed by atoms with Crippen molar-refractivity contribution in [2.45, 2.75) is 33.2 Å². The third-order valence-corrected chi connectivity index (χ3v) is 5.74. The molecule has 2 aromatic heterocycles. The Bertz CT molecular complexity index is 1140. The van der Waals surface area contributed by atoms with Crippen LogP contribution in [-0.2, 0) is 17.8 Å². The fourth-order valence-corrected chi connectivity index (χ4v) is 3.95. The van der Waals surface area contributed by atoms with Crippen molar-refractivity contribution in [2.75, 3.05) is 25.0 Å². The van der Waals surface area contributed by atoms with Crippen molar-refractivity contribution in [2.24, 2.45) is 0 Å². The fourth-order valence-electron chi connectivity index (χ4n) is 3.95. The van der Waals surface area contributed by atoms with Gasteiger partial charge < -0.3 is 14.5 Å². The van der Waals surface area contributed by atoms with Gasteiger partial charge in [0.15, 0.2) is 0 Å². The molecule has 0 bridgehead atoms. The molecule has 0 saturated heterocycles. The number of aromatic nitrogens is 3. The highest BCUT2D eigenvalue weighted by atomic mass is 16.1. The van der Waals surface area contributed by atoms with Crippen LogP contribution in [0.1, 0.15) is 25.8 Å². The number of nitrogens with zero attached hydrogens (tertiary/aromatic N) is 3. The number of anilines is 1. The normalized spacial score (nSPS) is 11.6. The van der Waals surface area contributed by atoms with Crippen molar-refractivity contribution in [3.05, 3.63) is 60.3 Å². The number of imidazole rings is 1. The topological polar surface area (TPSA) is 65.9 Å². The second-order valence-electron chi connectivity index (χ2n) is 7.51. The lowest BCUT2D eigenvalue weighted by Gasteiger charge is -2.19. The van der Waals surface area contributed by atoms with Crippen LogP contribution in [0.4, 0.5) is 5.95 Å². The van der Waals surface area contributed by atoms with Crippen LogP contribution in [0.25, 0.3) is 21.9 Å². The van der Waals surface area contributed by atoms with E-state index in [2.05, 4.69) is 56.8 Å². The van der Waals surface area contributed by atoms with Crippen molar-refractivity contribution in [1.82, 2.24) is 19.4 Å². The molecule has 4 rings (SSSR count). The maximum absolute atomic E-state index is 12.7. The molecule has 0 atom stereocenters. The van der Waals surface area contributed by atoms with Gasteiger partial charge in [0.05, 0.1) is 11.0 Å². The molecule has 4 aromatic rings. The molecule has 2 heterocycles. The number of benzene rings is 2. The predicted octanol–water partition coefficient (Wildman–Crippen LogP) is 4.43. The Morgan fingerprint density at radius 2 is 1.87 bits per heavy atom. The zero-order valence-corrected chi connectivity index (χ0v) is 17.7. The zero-order chi connectivity index (χ0) is 20.9. The number of fused-ring (bicyclic) bond motifs is 2. The Balaban J connectivity index is 1.48. The minimum Gasteiger partial charge on any atom is -0.361 e. The molecule has 0 fully saturated rings. The van der Waals surface area contributed by atoms with Crippen molar-refractivity contribution in [3.8, 4) is 0 Å². The molecule has 0 aliphatic carbocycles. The van der Waals surface area contributed by atoms with E-state index in [1.54, 1.807) is 0 Å². The van der Waals surface area contributed by atoms with Gasteiger partial charge in [0.1, 0.15) is 0 Å². The van der Waals surface area contributed by atoms with Crippen molar-refractivity contribution in [3.63, 3.8) is 0 Å². The molecule has 6 nitrogen and oxygen atoms in total. The first-order chi connectivity index (χ1) is 14.7. The van der Waals surface area contributed by atoms with Crippen molar-refractivity contribution in [1.29, 1.82) is 0 Å². The number of rotatable bonds is 9. The zero-order valence-electron chi connectivity index (χ0n) is 17.7. The van der Waals surface area contributed by atoms with E-state index >= 15 is 0 Å². The summed E-state index contributed by atoms with van der Waals surface area (Å²) in [5.74, 6) is 0.618. The second kappa shape index (κ2) is 9.13. The van der Waals surface area contributed by atoms with Gasteiger partial charge in [-0.05, 0) is 43.3 Å². The van der Waals surface area contributed by atoms with Crippen molar-refractivity contribution < 1.29 is 4.79 Å². The quantitative estimate of drug-likeness (QED) is 0.434. The SMILES string of the molecule is CCN(CC)CCn1c(NC(=O)CCc2c[nH]c3ccccc23)nc2ccccc21. The van der Waals surface area contributed by atoms with Crippen LogP contribution >= 0.6 is 0 Å². The fraction of sp³-hybridized carbons (Fsp3) is 0.333. The van der Waals surface area contributed by atoms with Crippen LogP contribution < -0.4 is 5.32 Å². The lowest BCUT2D eigenvalue weighted by molar-refractivity contribution is -0.116. The number of hydrogen-bond donors (Lipinski definition) is 2. The highest BCUT2D eigenvalue weighted by Gasteiger charge is 2.14. The summed E-state index contributed by atoms with van der Waals surface area (Å²) in [6, 6.07) is 16.2. The summed E-state index contributed by atoms with van der Waals surface area (Å²) in [4.78, 5) is 23.1. The second-order valence-corrected chi connectivity index (χ2v) is 7.51. The number of carbonyl (C=O) groups excluding carboxylic acids is 1. The number of para-hydroxylation sites is 3. The Kier molecular flexibility index (Phi) is 6.14. The molecule has 0 unspecified atom stereocenters. The number of carbonyl (C=O) groups is 1. The van der Waals surface area contributed by atoms with Gasteiger partial charge in [-0.1, -0.05) is 44.2 Å². The first kappa shape index (κ1) is 20.2. The molecule has 30 heavy (non-hydrogen) atoms. The summed E-state index contributed by atoms with van der Waals surface area (Å²) in [6.45, 7) is 8.07. The van der Waals surface area contributed by atoms with Gasteiger partial charge in [0.2, 0.25) is 11.9 Å². The van der Waals surface area contributed by atoms with E-state index < -0.39 is 0 Å². The van der Waals surface area contributed by atoms with Crippen molar-refractivity contribution >= 4 is 33.8 Å². The maximum Gasteiger partial charge on any atom is 0.227 e. The average Bonchev–Trinajstić information content (AvgIpc) is 3.34. The minimum atomic E-state index is -0.0142. The van der Waals surface area contributed by atoms with Crippen LogP contribution in [0.15, 0.2) is 54.7 Å². The summed E-state index contributed by atoms with van der Waals surface area (Å²) in [5.41, 5.74) is 4.22. The number of nitrogens with one attached hydrogen (secondary N) is 2. The lowest BCUT2D eigenvalue weighted by atomic mass is 10.1. The summed E-state index contributed by atoms with van der Waals surface area (Å²) in [6.07, 6.45) is 3.11. The van der Waals surface area contributed by atoms with Gasteiger partial charge in [-0.25, -0.2) is 4.98 Å². The Morgan fingerprint density at radius 1 is 1.10 bits per heavy atom. The minimum absolute atomic E-state index is 0.0142. The van der Waals surface area contributed by atoms with E-state index in [1.165, 1.54) is 5.39 Å². The van der Waals surface area contributed by atoms with Gasteiger partial charge >= 0.3 is 0 Å². The molecular weight excluding hydrogens is 374 g/mol. The Morgan fingerprint density at radius 3 is 2.70 bits per heavy atom. The largest absolute Gasteiger partial charge is 0.361 e. The van der Waals surface area contributed by atoms with Crippen LogP contribution in [0.5, 0.6) is 0 Å². The standard InChI is InChI=1S/C24H29N5O/c1-3-28(4-2)15-16-29-22-12-8-7-11-21(22)26-24(29)27-23(30)14-13-18-17-25-20-10-6-5-9-19(18)20/h5-12,17,25H,3-4,13-16H2,1-2H3,(H,26,27,30). The molecule has 0 aliphatic rings. The van der Waals surface area contributed by atoms with Gasteiger partial charge in [0.25, 0.3) is 0 Å². The molecular formula is C24H29N5O. The third kappa shape index (κ3) is 4.24. The molecule has 156 valence electrons. The van der Waals surface area contributed by atoms with Crippen LogP contribution in [0.2, 0.25) is 0 Å². The summed E-state index contributed by atoms with van der Waals surface area (Å²) < 4.78 is 2.12. The summed E-state index contributed by atoms with van der Waals surface area (Å²) in [7, 11) is 0. The number of likely N-dealkylation sites (N-methyl/N-ethyl adjacent to an activating group) is 1. The highest BCUT2D eigenvalue weighted by Crippen LogP contribution is 2.21. The first-order valence-electron chi connectivity index (χ1n) is 10.7. The molecule has 2 aromatic carbocycles.